The molecule has 1 aliphatic rings. The molecule has 140 valence electrons. The molecule has 3 rings (SSSR count). The number of methoxy groups -OCH3 is 1. The molecule has 0 spiro atoms. The lowest BCUT2D eigenvalue weighted by Gasteiger charge is -2.22. The highest BCUT2D eigenvalue weighted by Gasteiger charge is 2.18. The average Bonchev–Trinajstić information content (AvgIpc) is 3.19. The number of benzene rings is 1. The Bertz CT molecular complexity index is 695. The van der Waals surface area contributed by atoms with Crippen LogP contribution >= 0.6 is 0 Å². The highest BCUT2D eigenvalue weighted by Crippen LogP contribution is 2.18. The van der Waals surface area contributed by atoms with Crippen LogP contribution in [0.2, 0.25) is 0 Å². The number of aromatic nitrogens is 3. The van der Waals surface area contributed by atoms with Gasteiger partial charge in [0.05, 0.1) is 26.0 Å². The fraction of sp³-hybridized carbons (Fsp3) is 0.500. The standard InChI is InChI=1S/C18H25N5O3/c1-25-15-3-5-16(6-4-15)26-12-2-9-20-18(24)17-13-23(22-21-17)14-7-10-19-11-8-14/h3-6,13-14,19H,2,7-12H2,1H3,(H,20,24). The van der Waals surface area contributed by atoms with Gasteiger partial charge in [-0.1, -0.05) is 5.21 Å². The van der Waals surface area contributed by atoms with Crippen molar-refractivity contribution in [3.8, 4) is 11.5 Å². The summed E-state index contributed by atoms with van der Waals surface area (Å²) in [4.78, 5) is 12.2. The third-order valence-corrected chi connectivity index (χ3v) is 4.36. The summed E-state index contributed by atoms with van der Waals surface area (Å²) in [5, 5.41) is 14.3. The number of piperidine rings is 1. The first-order valence-electron chi connectivity index (χ1n) is 8.94. The van der Waals surface area contributed by atoms with Crippen molar-refractivity contribution in [3.63, 3.8) is 0 Å². The largest absolute Gasteiger partial charge is 0.497 e. The third kappa shape index (κ3) is 4.95. The number of amides is 1. The zero-order valence-electron chi connectivity index (χ0n) is 15.0. The van der Waals surface area contributed by atoms with Gasteiger partial charge < -0.3 is 20.1 Å². The molecule has 2 N–H and O–H groups in total. The van der Waals surface area contributed by atoms with Gasteiger partial charge in [-0.2, -0.15) is 0 Å². The van der Waals surface area contributed by atoms with Crippen molar-refractivity contribution >= 4 is 5.91 Å². The van der Waals surface area contributed by atoms with Crippen LogP contribution in [-0.2, 0) is 0 Å². The van der Waals surface area contributed by atoms with Crippen molar-refractivity contribution in [1.29, 1.82) is 0 Å². The summed E-state index contributed by atoms with van der Waals surface area (Å²) in [6, 6.07) is 7.74. The Morgan fingerprint density at radius 2 is 2.00 bits per heavy atom. The maximum atomic E-state index is 12.2. The second-order valence-corrected chi connectivity index (χ2v) is 6.20. The molecule has 2 heterocycles. The van der Waals surface area contributed by atoms with Gasteiger partial charge in [0.2, 0.25) is 0 Å². The molecule has 1 aromatic heterocycles. The quantitative estimate of drug-likeness (QED) is 0.693. The molecular weight excluding hydrogens is 334 g/mol. The minimum atomic E-state index is -0.199. The van der Waals surface area contributed by atoms with Crippen LogP contribution < -0.4 is 20.1 Å². The fourth-order valence-electron chi connectivity index (χ4n) is 2.86. The third-order valence-electron chi connectivity index (χ3n) is 4.36. The van der Waals surface area contributed by atoms with Crippen LogP contribution in [0.25, 0.3) is 0 Å². The zero-order valence-corrected chi connectivity index (χ0v) is 15.0. The van der Waals surface area contributed by atoms with Gasteiger partial charge in [0.1, 0.15) is 11.5 Å². The van der Waals surface area contributed by atoms with Gasteiger partial charge in [-0.25, -0.2) is 4.68 Å². The van der Waals surface area contributed by atoms with Crippen LogP contribution in [0.3, 0.4) is 0 Å². The minimum Gasteiger partial charge on any atom is -0.497 e. The molecule has 1 aromatic carbocycles. The summed E-state index contributed by atoms with van der Waals surface area (Å²) in [6.07, 6.45) is 4.46. The molecule has 0 bridgehead atoms. The lowest BCUT2D eigenvalue weighted by atomic mass is 10.1. The number of carbonyl (C=O) groups is 1. The van der Waals surface area contributed by atoms with E-state index in [4.69, 9.17) is 9.47 Å². The molecule has 1 aliphatic heterocycles. The molecule has 2 aromatic rings. The first-order chi connectivity index (χ1) is 12.8. The molecule has 0 radical (unpaired) electrons. The molecule has 1 saturated heterocycles. The van der Waals surface area contributed by atoms with E-state index in [-0.39, 0.29) is 5.91 Å². The lowest BCUT2D eigenvalue weighted by Crippen LogP contribution is -2.29. The minimum absolute atomic E-state index is 0.199. The normalized spacial score (nSPS) is 14.8. The number of nitrogens with zero attached hydrogens (tertiary/aromatic N) is 3. The van der Waals surface area contributed by atoms with Gasteiger partial charge in [0.25, 0.3) is 5.91 Å². The van der Waals surface area contributed by atoms with Crippen LogP contribution in [0.4, 0.5) is 0 Å². The number of rotatable bonds is 8. The van der Waals surface area contributed by atoms with E-state index in [1.54, 1.807) is 13.3 Å². The van der Waals surface area contributed by atoms with E-state index in [2.05, 4.69) is 20.9 Å². The average molecular weight is 359 g/mol. The first kappa shape index (κ1) is 18.2. The maximum Gasteiger partial charge on any atom is 0.273 e. The second-order valence-electron chi connectivity index (χ2n) is 6.20. The monoisotopic (exact) mass is 359 g/mol. The van der Waals surface area contributed by atoms with E-state index in [1.165, 1.54) is 0 Å². The van der Waals surface area contributed by atoms with E-state index in [1.807, 2.05) is 28.9 Å². The number of nitrogens with one attached hydrogen (secondary N) is 2. The van der Waals surface area contributed by atoms with Crippen LogP contribution in [0.5, 0.6) is 11.5 Å². The molecule has 0 atom stereocenters. The van der Waals surface area contributed by atoms with Crippen molar-refractivity contribution in [2.24, 2.45) is 0 Å². The molecule has 1 amide bonds. The molecule has 1 fully saturated rings. The summed E-state index contributed by atoms with van der Waals surface area (Å²) in [5.74, 6) is 1.37. The Labute approximate surface area is 152 Å². The van der Waals surface area contributed by atoms with E-state index in [0.717, 1.165) is 37.4 Å². The fourth-order valence-corrected chi connectivity index (χ4v) is 2.86. The number of carbonyl (C=O) groups excluding carboxylic acids is 1. The van der Waals surface area contributed by atoms with Gasteiger partial charge >= 0.3 is 0 Å². The summed E-state index contributed by atoms with van der Waals surface area (Å²) < 4.78 is 12.5. The molecule has 26 heavy (non-hydrogen) atoms. The Hall–Kier alpha value is -2.61. The summed E-state index contributed by atoms with van der Waals surface area (Å²) >= 11 is 0. The van der Waals surface area contributed by atoms with E-state index in [9.17, 15) is 4.79 Å². The van der Waals surface area contributed by atoms with Gasteiger partial charge in [-0.15, -0.1) is 5.10 Å². The lowest BCUT2D eigenvalue weighted by molar-refractivity contribution is 0.0946. The zero-order chi connectivity index (χ0) is 18.2. The van der Waals surface area contributed by atoms with Crippen molar-refractivity contribution in [2.75, 3.05) is 33.4 Å². The van der Waals surface area contributed by atoms with Crippen molar-refractivity contribution in [3.05, 3.63) is 36.2 Å². The number of ether oxygens (including phenoxy) is 2. The SMILES string of the molecule is COc1ccc(OCCCNC(=O)c2cn(C3CCNCC3)nn2)cc1. The molecule has 0 unspecified atom stereocenters. The Balaban J connectivity index is 1.36. The van der Waals surface area contributed by atoms with Crippen molar-refractivity contribution in [2.45, 2.75) is 25.3 Å². The molecule has 0 saturated carbocycles. The molecule has 8 nitrogen and oxygen atoms in total. The smallest absolute Gasteiger partial charge is 0.273 e. The Morgan fingerprint density at radius 3 is 2.73 bits per heavy atom. The van der Waals surface area contributed by atoms with Gasteiger partial charge in [0.15, 0.2) is 5.69 Å². The molecule has 8 heteroatoms. The number of hydrogen-bond donors (Lipinski definition) is 2. The van der Waals surface area contributed by atoms with Crippen LogP contribution in [-0.4, -0.2) is 54.3 Å². The highest BCUT2D eigenvalue weighted by molar-refractivity contribution is 5.91. The van der Waals surface area contributed by atoms with Crippen LogP contribution in [0, 0.1) is 0 Å². The van der Waals surface area contributed by atoms with Gasteiger partial charge in [0, 0.05) is 6.54 Å². The maximum absolute atomic E-state index is 12.2. The van der Waals surface area contributed by atoms with Crippen molar-refractivity contribution in [1.82, 2.24) is 25.6 Å². The predicted molar refractivity (Wildman–Crippen MR) is 96.6 cm³/mol. The molecule has 0 aliphatic carbocycles. The van der Waals surface area contributed by atoms with E-state index in [0.29, 0.717) is 31.3 Å². The Kier molecular flexibility index (Phi) is 6.43. The second kappa shape index (κ2) is 9.19. The number of hydrogen-bond acceptors (Lipinski definition) is 6. The van der Waals surface area contributed by atoms with E-state index >= 15 is 0 Å². The topological polar surface area (TPSA) is 90.3 Å². The van der Waals surface area contributed by atoms with Gasteiger partial charge in [-0.05, 0) is 56.6 Å². The first-order valence-corrected chi connectivity index (χ1v) is 8.94. The summed E-state index contributed by atoms with van der Waals surface area (Å²) in [6.45, 7) is 2.99. The highest BCUT2D eigenvalue weighted by atomic mass is 16.5. The summed E-state index contributed by atoms with van der Waals surface area (Å²) in [7, 11) is 1.63. The molecular formula is C18H25N5O3. The Morgan fingerprint density at radius 1 is 1.27 bits per heavy atom. The van der Waals surface area contributed by atoms with E-state index < -0.39 is 0 Å². The van der Waals surface area contributed by atoms with Crippen LogP contribution in [0.15, 0.2) is 30.5 Å². The summed E-state index contributed by atoms with van der Waals surface area (Å²) in [5.41, 5.74) is 0.361. The predicted octanol–water partition coefficient (Wildman–Crippen LogP) is 1.41. The van der Waals surface area contributed by atoms with Gasteiger partial charge in [-0.3, -0.25) is 4.79 Å². The van der Waals surface area contributed by atoms with Crippen molar-refractivity contribution < 1.29 is 14.3 Å². The van der Waals surface area contributed by atoms with Crippen LogP contribution in [0.1, 0.15) is 35.8 Å².